The maximum absolute atomic E-state index is 12.8. The average molecular weight is 297 g/mol. The molecule has 0 aliphatic carbocycles. The second-order valence-corrected chi connectivity index (χ2v) is 6.74. The van der Waals surface area contributed by atoms with Crippen molar-refractivity contribution in [2.45, 2.75) is 44.6 Å². The van der Waals surface area contributed by atoms with Crippen LogP contribution < -0.4 is 5.73 Å². The number of hydrogen-bond acceptors (Lipinski definition) is 4. The summed E-state index contributed by atoms with van der Waals surface area (Å²) in [6.45, 7) is 3.76. The smallest absolute Gasteiger partial charge is 0.229 e. The maximum Gasteiger partial charge on any atom is 0.229 e. The van der Waals surface area contributed by atoms with E-state index in [9.17, 15) is 4.79 Å². The number of nitrogens with two attached hydrogens (primary N) is 1. The molecule has 0 spiro atoms. The lowest BCUT2D eigenvalue weighted by Crippen LogP contribution is -2.50. The molecule has 1 unspecified atom stereocenters. The summed E-state index contributed by atoms with van der Waals surface area (Å²) in [7, 11) is 4.13. The first-order valence-corrected chi connectivity index (χ1v) is 8.33. The number of nitrogens with zero attached hydrogens (tertiary/aromatic N) is 2. The molecule has 122 valence electrons. The van der Waals surface area contributed by atoms with Gasteiger partial charge in [0, 0.05) is 39.4 Å². The molecule has 0 radical (unpaired) electrons. The van der Waals surface area contributed by atoms with Crippen LogP contribution in [0.1, 0.15) is 38.5 Å². The standard InChI is InChI=1S/C16H31N3O2/c1-18-9-4-3-5-14(18)6-10-19(2)15(20)16(13-17)7-11-21-12-8-16/h14H,3-13,17H2,1-2H3. The van der Waals surface area contributed by atoms with E-state index < -0.39 is 0 Å². The molecule has 0 saturated carbocycles. The van der Waals surface area contributed by atoms with Gasteiger partial charge in [-0.05, 0) is 45.7 Å². The van der Waals surface area contributed by atoms with Crippen molar-refractivity contribution in [1.82, 2.24) is 9.80 Å². The van der Waals surface area contributed by atoms with Crippen LogP contribution in [-0.4, -0.2) is 68.7 Å². The number of rotatable bonds is 5. The minimum atomic E-state index is -0.383. The van der Waals surface area contributed by atoms with Gasteiger partial charge < -0.3 is 20.3 Å². The van der Waals surface area contributed by atoms with Crippen LogP contribution in [0.15, 0.2) is 0 Å². The van der Waals surface area contributed by atoms with Gasteiger partial charge in [-0.3, -0.25) is 4.79 Å². The Balaban J connectivity index is 1.86. The van der Waals surface area contributed by atoms with Crippen molar-refractivity contribution >= 4 is 5.91 Å². The molecule has 21 heavy (non-hydrogen) atoms. The monoisotopic (exact) mass is 297 g/mol. The number of likely N-dealkylation sites (tertiary alicyclic amines) is 1. The fraction of sp³-hybridized carbons (Fsp3) is 0.938. The lowest BCUT2D eigenvalue weighted by molar-refractivity contribution is -0.146. The summed E-state index contributed by atoms with van der Waals surface area (Å²) in [5.41, 5.74) is 5.54. The highest BCUT2D eigenvalue weighted by atomic mass is 16.5. The molecule has 0 aromatic carbocycles. The highest BCUT2D eigenvalue weighted by Crippen LogP contribution is 2.31. The van der Waals surface area contributed by atoms with Gasteiger partial charge in [0.05, 0.1) is 5.41 Å². The second kappa shape index (κ2) is 7.56. The summed E-state index contributed by atoms with van der Waals surface area (Å²) < 4.78 is 5.39. The maximum atomic E-state index is 12.8. The highest BCUT2D eigenvalue weighted by molar-refractivity contribution is 5.83. The molecular weight excluding hydrogens is 266 g/mol. The molecule has 1 amide bonds. The largest absolute Gasteiger partial charge is 0.381 e. The summed E-state index contributed by atoms with van der Waals surface area (Å²) in [6.07, 6.45) is 6.46. The number of amides is 1. The van der Waals surface area contributed by atoms with Crippen LogP contribution in [-0.2, 0) is 9.53 Å². The predicted octanol–water partition coefficient (Wildman–Crippen LogP) is 1.07. The molecule has 2 aliphatic heterocycles. The zero-order valence-corrected chi connectivity index (χ0v) is 13.6. The van der Waals surface area contributed by atoms with Crippen molar-refractivity contribution < 1.29 is 9.53 Å². The Bertz CT molecular complexity index is 342. The van der Waals surface area contributed by atoms with Gasteiger partial charge in [0.2, 0.25) is 5.91 Å². The van der Waals surface area contributed by atoms with E-state index >= 15 is 0 Å². The second-order valence-electron chi connectivity index (χ2n) is 6.74. The Kier molecular flexibility index (Phi) is 6.02. The van der Waals surface area contributed by atoms with Gasteiger partial charge in [-0.15, -0.1) is 0 Å². The number of carbonyl (C=O) groups excluding carboxylic acids is 1. The van der Waals surface area contributed by atoms with E-state index in [-0.39, 0.29) is 11.3 Å². The van der Waals surface area contributed by atoms with Crippen molar-refractivity contribution in [1.29, 1.82) is 0 Å². The predicted molar refractivity (Wildman–Crippen MR) is 84.1 cm³/mol. The first-order valence-electron chi connectivity index (χ1n) is 8.33. The van der Waals surface area contributed by atoms with Gasteiger partial charge in [-0.1, -0.05) is 6.42 Å². The molecule has 0 aromatic rings. The van der Waals surface area contributed by atoms with Gasteiger partial charge in [0.25, 0.3) is 0 Å². The minimum absolute atomic E-state index is 0.215. The Morgan fingerprint density at radius 3 is 2.71 bits per heavy atom. The SMILES string of the molecule is CN(CCC1CCCCN1C)C(=O)C1(CN)CCOCC1. The van der Waals surface area contributed by atoms with E-state index in [0.29, 0.717) is 25.8 Å². The van der Waals surface area contributed by atoms with Gasteiger partial charge in [-0.2, -0.15) is 0 Å². The molecule has 2 heterocycles. The first kappa shape index (κ1) is 16.7. The summed E-state index contributed by atoms with van der Waals surface area (Å²) >= 11 is 0. The number of carbonyl (C=O) groups is 1. The molecule has 2 aliphatic rings. The van der Waals surface area contributed by atoms with Gasteiger partial charge >= 0.3 is 0 Å². The first-order chi connectivity index (χ1) is 10.1. The van der Waals surface area contributed by atoms with Crippen molar-refractivity contribution in [2.24, 2.45) is 11.1 Å². The molecule has 1 atom stereocenters. The molecule has 0 bridgehead atoms. The average Bonchev–Trinajstić information content (AvgIpc) is 2.53. The summed E-state index contributed by atoms with van der Waals surface area (Å²) in [6, 6.07) is 0.623. The molecule has 2 rings (SSSR count). The third-order valence-corrected chi connectivity index (χ3v) is 5.36. The molecule has 2 N–H and O–H groups in total. The molecule has 5 nitrogen and oxygen atoms in total. The molecule has 5 heteroatoms. The van der Waals surface area contributed by atoms with Gasteiger partial charge in [-0.25, -0.2) is 0 Å². The zero-order valence-electron chi connectivity index (χ0n) is 13.6. The van der Waals surface area contributed by atoms with Gasteiger partial charge in [0.15, 0.2) is 0 Å². The lowest BCUT2D eigenvalue weighted by Gasteiger charge is -2.39. The van der Waals surface area contributed by atoms with Crippen LogP contribution in [0.5, 0.6) is 0 Å². The summed E-state index contributed by atoms with van der Waals surface area (Å²) in [4.78, 5) is 17.1. The fourth-order valence-corrected chi connectivity index (χ4v) is 3.63. The normalized spacial score (nSPS) is 26.5. The van der Waals surface area contributed by atoms with Gasteiger partial charge in [0.1, 0.15) is 0 Å². The summed E-state index contributed by atoms with van der Waals surface area (Å²) in [5.74, 6) is 0.215. The topological polar surface area (TPSA) is 58.8 Å². The quantitative estimate of drug-likeness (QED) is 0.825. The van der Waals surface area contributed by atoms with E-state index in [1.165, 1.54) is 25.8 Å². The molecule has 2 saturated heterocycles. The Morgan fingerprint density at radius 1 is 1.38 bits per heavy atom. The number of hydrogen-bond donors (Lipinski definition) is 1. The molecule has 0 aromatic heterocycles. The van der Waals surface area contributed by atoms with Crippen LogP contribution in [0.2, 0.25) is 0 Å². The third kappa shape index (κ3) is 3.96. The van der Waals surface area contributed by atoms with Crippen molar-refractivity contribution in [3.8, 4) is 0 Å². The van der Waals surface area contributed by atoms with E-state index in [4.69, 9.17) is 10.5 Å². The molecular formula is C16H31N3O2. The number of piperidine rings is 1. The number of ether oxygens (including phenoxy) is 1. The lowest BCUT2D eigenvalue weighted by atomic mass is 9.79. The van der Waals surface area contributed by atoms with Crippen molar-refractivity contribution in [3.05, 3.63) is 0 Å². The zero-order chi connectivity index (χ0) is 15.3. The minimum Gasteiger partial charge on any atom is -0.381 e. The van der Waals surface area contributed by atoms with Crippen molar-refractivity contribution in [3.63, 3.8) is 0 Å². The fourth-order valence-electron chi connectivity index (χ4n) is 3.63. The van der Waals surface area contributed by atoms with Crippen molar-refractivity contribution in [2.75, 3.05) is 46.9 Å². The highest BCUT2D eigenvalue weighted by Gasteiger charge is 2.40. The van der Waals surface area contributed by atoms with Crippen LogP contribution in [0, 0.1) is 5.41 Å². The Morgan fingerprint density at radius 2 is 2.10 bits per heavy atom. The van der Waals surface area contributed by atoms with E-state index in [1.54, 1.807) is 0 Å². The van der Waals surface area contributed by atoms with Crippen LogP contribution >= 0.6 is 0 Å². The summed E-state index contributed by atoms with van der Waals surface area (Å²) in [5, 5.41) is 0. The third-order valence-electron chi connectivity index (χ3n) is 5.36. The van der Waals surface area contributed by atoms with E-state index in [1.807, 2.05) is 11.9 Å². The van der Waals surface area contributed by atoms with Crippen LogP contribution in [0.3, 0.4) is 0 Å². The Labute approximate surface area is 128 Å². The van der Waals surface area contributed by atoms with E-state index in [0.717, 1.165) is 25.8 Å². The van der Waals surface area contributed by atoms with E-state index in [2.05, 4.69) is 11.9 Å². The van der Waals surface area contributed by atoms with Crippen LogP contribution in [0.25, 0.3) is 0 Å². The molecule has 2 fully saturated rings. The Hall–Kier alpha value is -0.650. The van der Waals surface area contributed by atoms with Crippen LogP contribution in [0.4, 0.5) is 0 Å².